The Bertz CT molecular complexity index is 523. The molecule has 2 aromatic rings. The number of benzene rings is 1. The van der Waals surface area contributed by atoms with Crippen molar-refractivity contribution in [3.8, 4) is 5.69 Å². The summed E-state index contributed by atoms with van der Waals surface area (Å²) in [5.74, 6) is 0. The van der Waals surface area contributed by atoms with E-state index in [4.69, 9.17) is 28.3 Å². The second-order valence-electron chi connectivity index (χ2n) is 3.40. The van der Waals surface area contributed by atoms with E-state index in [0.29, 0.717) is 21.4 Å². The lowest BCUT2D eigenvalue weighted by Gasteiger charge is -2.03. The lowest BCUT2D eigenvalue weighted by Crippen LogP contribution is -1.96. The molecular formula is C11H10Cl2N2O. The molecular weight excluding hydrogens is 247 g/mol. The minimum absolute atomic E-state index is 0.120. The van der Waals surface area contributed by atoms with Crippen molar-refractivity contribution in [3.63, 3.8) is 0 Å². The van der Waals surface area contributed by atoms with Crippen LogP contribution in [0.25, 0.3) is 5.69 Å². The highest BCUT2D eigenvalue weighted by molar-refractivity contribution is 6.31. The van der Waals surface area contributed by atoms with Gasteiger partial charge in [0, 0.05) is 10.6 Å². The highest BCUT2D eigenvalue weighted by atomic mass is 35.5. The van der Waals surface area contributed by atoms with Gasteiger partial charge in [0.25, 0.3) is 0 Å². The van der Waals surface area contributed by atoms with Crippen LogP contribution in [0.2, 0.25) is 10.2 Å². The topological polar surface area (TPSA) is 38.0 Å². The van der Waals surface area contributed by atoms with Crippen molar-refractivity contribution in [3.05, 3.63) is 45.7 Å². The predicted octanol–water partition coefficient (Wildman–Crippen LogP) is 2.98. The second kappa shape index (κ2) is 4.45. The Balaban J connectivity index is 2.56. The molecule has 1 N–H and O–H groups in total. The fourth-order valence-corrected chi connectivity index (χ4v) is 2.01. The summed E-state index contributed by atoms with van der Waals surface area (Å²) in [5, 5.41) is 14.4. The number of aromatic nitrogens is 2. The van der Waals surface area contributed by atoms with E-state index in [2.05, 4.69) is 5.10 Å². The third-order valence-corrected chi connectivity index (χ3v) is 2.96. The third-order valence-electron chi connectivity index (χ3n) is 2.33. The van der Waals surface area contributed by atoms with Gasteiger partial charge in [-0.1, -0.05) is 29.3 Å². The van der Waals surface area contributed by atoms with Gasteiger partial charge in [0.2, 0.25) is 0 Å². The minimum Gasteiger partial charge on any atom is -0.391 e. The van der Waals surface area contributed by atoms with Gasteiger partial charge in [-0.25, -0.2) is 4.68 Å². The van der Waals surface area contributed by atoms with E-state index in [1.165, 1.54) is 0 Å². The smallest absolute Gasteiger partial charge is 0.138 e. The summed E-state index contributed by atoms with van der Waals surface area (Å²) >= 11 is 12.0. The maximum atomic E-state index is 9.15. The molecule has 0 aliphatic rings. The van der Waals surface area contributed by atoms with E-state index in [0.717, 1.165) is 5.69 Å². The summed E-state index contributed by atoms with van der Waals surface area (Å²) in [6.07, 6.45) is 0. The SMILES string of the molecule is Cc1nn(-c2cccc(Cl)c2)c(Cl)c1CO. The molecule has 0 amide bonds. The molecule has 0 saturated heterocycles. The molecule has 0 radical (unpaired) electrons. The first-order valence-corrected chi connectivity index (χ1v) is 5.50. The van der Waals surface area contributed by atoms with Crippen molar-refractivity contribution in [2.24, 2.45) is 0 Å². The third kappa shape index (κ3) is 1.94. The lowest BCUT2D eigenvalue weighted by molar-refractivity contribution is 0.281. The van der Waals surface area contributed by atoms with Crippen LogP contribution >= 0.6 is 23.2 Å². The number of aliphatic hydroxyl groups is 1. The molecule has 0 bridgehead atoms. The van der Waals surface area contributed by atoms with Crippen molar-refractivity contribution in [1.29, 1.82) is 0 Å². The molecule has 0 fully saturated rings. The Hall–Kier alpha value is -1.03. The lowest BCUT2D eigenvalue weighted by atomic mass is 10.3. The Morgan fingerprint density at radius 1 is 1.38 bits per heavy atom. The fourth-order valence-electron chi connectivity index (χ4n) is 1.49. The molecule has 0 saturated carbocycles. The second-order valence-corrected chi connectivity index (χ2v) is 4.20. The Labute approximate surface area is 103 Å². The van der Waals surface area contributed by atoms with Crippen molar-refractivity contribution >= 4 is 23.2 Å². The normalized spacial score (nSPS) is 10.8. The molecule has 0 spiro atoms. The maximum Gasteiger partial charge on any atom is 0.138 e. The Morgan fingerprint density at radius 3 is 2.69 bits per heavy atom. The van der Waals surface area contributed by atoms with Gasteiger partial charge < -0.3 is 5.11 Å². The first-order chi connectivity index (χ1) is 7.63. The highest BCUT2D eigenvalue weighted by Crippen LogP contribution is 2.24. The van der Waals surface area contributed by atoms with Crippen molar-refractivity contribution in [2.75, 3.05) is 0 Å². The summed E-state index contributed by atoms with van der Waals surface area (Å²) in [6, 6.07) is 7.22. The van der Waals surface area contributed by atoms with Crippen LogP contribution in [0, 0.1) is 6.92 Å². The molecule has 0 aliphatic heterocycles. The van der Waals surface area contributed by atoms with Crippen LogP contribution in [0.3, 0.4) is 0 Å². The zero-order valence-electron chi connectivity index (χ0n) is 8.61. The first kappa shape index (κ1) is 11.5. The summed E-state index contributed by atoms with van der Waals surface area (Å²) in [4.78, 5) is 0. The van der Waals surface area contributed by atoms with Gasteiger partial charge in [0.1, 0.15) is 5.15 Å². The van der Waals surface area contributed by atoms with E-state index in [9.17, 15) is 0 Å². The molecule has 5 heteroatoms. The van der Waals surface area contributed by atoms with Crippen molar-refractivity contribution < 1.29 is 5.11 Å². The molecule has 1 aromatic heterocycles. The van der Waals surface area contributed by atoms with Gasteiger partial charge in [-0.2, -0.15) is 5.10 Å². The van der Waals surface area contributed by atoms with Gasteiger partial charge >= 0.3 is 0 Å². The number of halogens is 2. The van der Waals surface area contributed by atoms with Gasteiger partial charge in [0.05, 0.1) is 18.0 Å². The van der Waals surface area contributed by atoms with Crippen LogP contribution in [0.5, 0.6) is 0 Å². The van der Waals surface area contributed by atoms with Crippen LogP contribution in [0.15, 0.2) is 24.3 Å². The van der Waals surface area contributed by atoms with E-state index in [1.807, 2.05) is 12.1 Å². The van der Waals surface area contributed by atoms with Gasteiger partial charge in [0.15, 0.2) is 0 Å². The highest BCUT2D eigenvalue weighted by Gasteiger charge is 2.13. The predicted molar refractivity (Wildman–Crippen MR) is 64.2 cm³/mol. The number of hydrogen-bond donors (Lipinski definition) is 1. The zero-order chi connectivity index (χ0) is 11.7. The van der Waals surface area contributed by atoms with E-state index < -0.39 is 0 Å². The summed E-state index contributed by atoms with van der Waals surface area (Å²) in [6.45, 7) is 1.68. The van der Waals surface area contributed by atoms with Crippen LogP contribution in [0.4, 0.5) is 0 Å². The van der Waals surface area contributed by atoms with E-state index in [1.54, 1.807) is 23.7 Å². The molecule has 16 heavy (non-hydrogen) atoms. The number of nitrogens with zero attached hydrogens (tertiary/aromatic N) is 2. The van der Waals surface area contributed by atoms with Gasteiger partial charge in [-0.05, 0) is 25.1 Å². The minimum atomic E-state index is -0.120. The van der Waals surface area contributed by atoms with Crippen molar-refractivity contribution in [2.45, 2.75) is 13.5 Å². The average molecular weight is 257 g/mol. The summed E-state index contributed by atoms with van der Waals surface area (Å²) in [5.41, 5.74) is 2.13. The Morgan fingerprint density at radius 2 is 2.12 bits per heavy atom. The zero-order valence-corrected chi connectivity index (χ0v) is 10.1. The summed E-state index contributed by atoms with van der Waals surface area (Å²) in [7, 11) is 0. The molecule has 0 aliphatic carbocycles. The average Bonchev–Trinajstić information content (AvgIpc) is 2.54. The Kier molecular flexibility index (Phi) is 3.19. The molecule has 1 aromatic carbocycles. The van der Waals surface area contributed by atoms with Crippen LogP contribution in [-0.2, 0) is 6.61 Å². The maximum absolute atomic E-state index is 9.15. The molecule has 2 rings (SSSR count). The number of hydrogen-bond acceptors (Lipinski definition) is 2. The molecule has 1 heterocycles. The summed E-state index contributed by atoms with van der Waals surface area (Å²) < 4.78 is 1.56. The van der Waals surface area contributed by atoms with Crippen LogP contribution in [0.1, 0.15) is 11.3 Å². The molecule has 0 unspecified atom stereocenters. The first-order valence-electron chi connectivity index (χ1n) is 4.74. The molecule has 84 valence electrons. The molecule has 3 nitrogen and oxygen atoms in total. The van der Waals surface area contributed by atoms with Gasteiger partial charge in [-0.15, -0.1) is 0 Å². The van der Waals surface area contributed by atoms with Crippen LogP contribution < -0.4 is 0 Å². The van der Waals surface area contributed by atoms with Crippen LogP contribution in [-0.4, -0.2) is 14.9 Å². The quantitative estimate of drug-likeness (QED) is 0.898. The van der Waals surface area contributed by atoms with Gasteiger partial charge in [-0.3, -0.25) is 0 Å². The van der Waals surface area contributed by atoms with Crippen molar-refractivity contribution in [1.82, 2.24) is 9.78 Å². The fraction of sp³-hybridized carbons (Fsp3) is 0.182. The standard InChI is InChI=1S/C11H10Cl2N2O/c1-7-10(6-16)11(13)15(14-7)9-4-2-3-8(12)5-9/h2-5,16H,6H2,1H3. The largest absolute Gasteiger partial charge is 0.391 e. The van der Waals surface area contributed by atoms with E-state index >= 15 is 0 Å². The number of aliphatic hydroxyl groups excluding tert-OH is 1. The monoisotopic (exact) mass is 256 g/mol. The molecule has 0 atom stereocenters. The number of rotatable bonds is 2. The van der Waals surface area contributed by atoms with E-state index in [-0.39, 0.29) is 6.61 Å². The number of aryl methyl sites for hydroxylation is 1.